The van der Waals surface area contributed by atoms with Crippen LogP contribution in [0.2, 0.25) is 0 Å². The summed E-state index contributed by atoms with van der Waals surface area (Å²) in [7, 11) is -0.335. The summed E-state index contributed by atoms with van der Waals surface area (Å²) in [6.07, 6.45) is -16.1. The molecule has 1 aromatic rings. The summed E-state index contributed by atoms with van der Waals surface area (Å²) in [5.74, 6) is -3.46. The van der Waals surface area contributed by atoms with Crippen molar-refractivity contribution in [2.24, 2.45) is 17.8 Å². The lowest BCUT2D eigenvalue weighted by atomic mass is 9.75. The highest BCUT2D eigenvalue weighted by Crippen LogP contribution is 2.43. The van der Waals surface area contributed by atoms with Gasteiger partial charge in [-0.25, -0.2) is 0 Å². The number of methoxy groups -OCH3 is 2. The molecule has 8 N–H and O–H groups in total. The average molecular weight is 1030 g/mol. The lowest BCUT2D eigenvalue weighted by Gasteiger charge is -2.53. The van der Waals surface area contributed by atoms with Crippen molar-refractivity contribution < 1.29 is 85.1 Å². The lowest BCUT2D eigenvalue weighted by Crippen LogP contribution is -2.70. The molecule has 70 heavy (non-hydrogen) atoms. The first-order valence-electron chi connectivity index (χ1n) is 24.1. The first-order valence-corrected chi connectivity index (χ1v) is 25.5. The van der Waals surface area contributed by atoms with Gasteiger partial charge in [0, 0.05) is 58.4 Å². The van der Waals surface area contributed by atoms with E-state index in [2.05, 4.69) is 15.4 Å². The van der Waals surface area contributed by atoms with Gasteiger partial charge in [0.15, 0.2) is 12.6 Å². The summed E-state index contributed by atoms with van der Waals surface area (Å²) in [4.78, 5) is 14.5. The fourth-order valence-corrected chi connectivity index (χ4v) is 11.3. The third-order valence-corrected chi connectivity index (χ3v) is 16.2. The molecular formula is C47H81F3N4O15S. The van der Waals surface area contributed by atoms with E-state index in [0.29, 0.717) is 13.2 Å². The van der Waals surface area contributed by atoms with Gasteiger partial charge in [-0.3, -0.25) is 9.52 Å². The normalized spacial score (nSPS) is 41.1. The molecule has 0 saturated carbocycles. The maximum absolute atomic E-state index is 14.5. The van der Waals surface area contributed by atoms with E-state index in [1.165, 1.54) is 34.9 Å². The van der Waals surface area contributed by atoms with E-state index in [1.54, 1.807) is 48.7 Å². The zero-order valence-electron chi connectivity index (χ0n) is 42.9. The third-order valence-electron chi connectivity index (χ3n) is 14.7. The molecule has 4 rings (SSSR count). The van der Waals surface area contributed by atoms with Gasteiger partial charge in [-0.1, -0.05) is 20.8 Å². The smallest absolute Gasteiger partial charge is 0.416 e. The average Bonchev–Trinajstić information content (AvgIpc) is 3.28. The topological polar surface area (TPSA) is 256 Å². The molecule has 3 aliphatic rings. The van der Waals surface area contributed by atoms with E-state index in [0.717, 1.165) is 28.6 Å². The van der Waals surface area contributed by atoms with Gasteiger partial charge in [-0.05, 0) is 104 Å². The molecule has 18 atom stereocenters. The molecule has 0 aliphatic carbocycles. The Labute approximate surface area is 411 Å². The standard InChI is InChI=1S/C47H81F3N4O15S/c1-14-35-45(10,59)39(56)30(6)52-24-26(2)22-43(8,58)40(69-42-37(55)34(21-27(3)65-42)54(11)70(61,62)53-33-17-15-32(16-18-33)47(48,49)50)28(4)38(29(5)41(57)67-35)68-36-23-44(9,64-13)46(60,31(7)66-36)25-51-19-20-63-12/h15-18,26-31,34-40,42,51-53,55-56,58-60H,14,19-25H2,1-13H3/t26?,27-,28?,29?,30?,31+,34+,35?,36+,37-,38?,39?,40?,42+,43?,44-,45?,46+/m1/s1. The number of nitrogens with zero attached hydrogens (tertiary/aromatic N) is 1. The molecule has 0 bridgehead atoms. The first-order chi connectivity index (χ1) is 32.3. The molecular weight excluding hydrogens is 950 g/mol. The minimum Gasteiger partial charge on any atom is -0.459 e. The van der Waals surface area contributed by atoms with Gasteiger partial charge >= 0.3 is 22.4 Å². The highest BCUT2D eigenvalue weighted by atomic mass is 32.2. The third kappa shape index (κ3) is 13.9. The van der Waals surface area contributed by atoms with Crippen LogP contribution in [0.25, 0.3) is 0 Å². The number of carbonyl (C=O) groups excluding carboxylic acids is 1. The van der Waals surface area contributed by atoms with Gasteiger partial charge in [-0.2, -0.15) is 25.9 Å². The predicted molar refractivity (Wildman–Crippen MR) is 251 cm³/mol. The molecule has 0 aromatic heterocycles. The molecule has 10 unspecified atom stereocenters. The van der Waals surface area contributed by atoms with Crippen molar-refractivity contribution in [3.05, 3.63) is 29.8 Å². The second-order valence-electron chi connectivity index (χ2n) is 20.4. The molecule has 19 nitrogen and oxygen atoms in total. The molecule has 0 amide bonds. The zero-order chi connectivity index (χ0) is 52.9. The number of aliphatic hydroxyl groups excluding tert-OH is 2. The summed E-state index contributed by atoms with van der Waals surface area (Å²) < 4.78 is 114. The highest BCUT2D eigenvalue weighted by Gasteiger charge is 2.58. The van der Waals surface area contributed by atoms with Crippen LogP contribution in [0, 0.1) is 17.8 Å². The number of ether oxygens (including phenoxy) is 7. The lowest BCUT2D eigenvalue weighted by molar-refractivity contribution is -0.336. The van der Waals surface area contributed by atoms with E-state index in [9.17, 15) is 51.9 Å². The van der Waals surface area contributed by atoms with Crippen molar-refractivity contribution in [1.82, 2.24) is 14.9 Å². The second kappa shape index (κ2) is 23.9. The number of benzene rings is 1. The molecule has 23 heteroatoms. The van der Waals surface area contributed by atoms with Crippen LogP contribution < -0.4 is 15.4 Å². The van der Waals surface area contributed by atoms with Crippen molar-refractivity contribution in [3.8, 4) is 0 Å². The number of anilines is 1. The fourth-order valence-electron chi connectivity index (χ4n) is 10.2. The molecule has 1 aromatic carbocycles. The highest BCUT2D eigenvalue weighted by molar-refractivity contribution is 7.90. The van der Waals surface area contributed by atoms with E-state index in [1.807, 2.05) is 6.92 Å². The minimum atomic E-state index is -4.65. The quantitative estimate of drug-likeness (QED) is 0.0929. The summed E-state index contributed by atoms with van der Waals surface area (Å²) in [6.45, 7) is 17.4. The fraction of sp³-hybridized carbons (Fsp3) is 0.851. The number of alkyl halides is 3. The van der Waals surface area contributed by atoms with Gasteiger partial charge in [0.05, 0.1) is 54.1 Å². The Morgan fingerprint density at radius 3 is 2.16 bits per heavy atom. The van der Waals surface area contributed by atoms with Crippen LogP contribution in [0.15, 0.2) is 24.3 Å². The number of hydrogen-bond acceptors (Lipinski definition) is 17. The number of hydrogen-bond donors (Lipinski definition) is 8. The number of carbonyl (C=O) groups is 1. The summed E-state index contributed by atoms with van der Waals surface area (Å²) >= 11 is 0. The Morgan fingerprint density at radius 2 is 1.59 bits per heavy atom. The summed E-state index contributed by atoms with van der Waals surface area (Å²) in [6, 6.07) is 1.46. The van der Waals surface area contributed by atoms with Gasteiger partial charge in [-0.15, -0.1) is 0 Å². The van der Waals surface area contributed by atoms with Crippen molar-refractivity contribution >= 4 is 21.9 Å². The molecule has 3 fully saturated rings. The SMILES string of the molecule is CCC1OC(=O)C(C)C(O[C@H]2C[C@@](C)(OC)[C@](O)(CNCCOC)[C@H](C)O2)C(C)C(O[C@@H]2O[C@H](C)C[C@H](N(C)S(=O)(=O)Nc3ccc(C(F)(F)F)cc3)[C@H]2O)C(C)(O)CC(C)CNC(C)C(O)C1(C)O. The van der Waals surface area contributed by atoms with Crippen LogP contribution in [0.4, 0.5) is 18.9 Å². The maximum atomic E-state index is 14.5. The minimum absolute atomic E-state index is 0.00624. The zero-order valence-corrected chi connectivity index (χ0v) is 43.7. The van der Waals surface area contributed by atoms with Gasteiger partial charge in [0.2, 0.25) is 0 Å². The van der Waals surface area contributed by atoms with Crippen LogP contribution in [0.1, 0.15) is 100 Å². The Bertz CT molecular complexity index is 1940. The molecule has 3 saturated heterocycles. The Kier molecular flexibility index (Phi) is 20.6. The Balaban J connectivity index is 1.78. The largest absolute Gasteiger partial charge is 0.459 e. The van der Waals surface area contributed by atoms with Gasteiger partial charge in [0.25, 0.3) is 0 Å². The number of cyclic esters (lactones) is 1. The van der Waals surface area contributed by atoms with Crippen molar-refractivity contribution in [2.75, 3.05) is 52.2 Å². The first kappa shape index (κ1) is 60.2. The van der Waals surface area contributed by atoms with Gasteiger partial charge in [0.1, 0.15) is 35.1 Å². The van der Waals surface area contributed by atoms with E-state index >= 15 is 0 Å². The van der Waals surface area contributed by atoms with Crippen LogP contribution in [-0.2, 0) is 54.3 Å². The number of nitrogens with one attached hydrogen (secondary N) is 3. The number of rotatable bonds is 15. The number of likely N-dealkylation sites (N-methyl/N-ethyl adjacent to an activating group) is 1. The Morgan fingerprint density at radius 1 is 0.957 bits per heavy atom. The van der Waals surface area contributed by atoms with Crippen molar-refractivity contribution in [3.63, 3.8) is 0 Å². The maximum Gasteiger partial charge on any atom is 0.416 e. The molecule has 0 radical (unpaired) electrons. The van der Waals surface area contributed by atoms with Crippen molar-refractivity contribution in [2.45, 2.75) is 191 Å². The predicted octanol–water partition coefficient (Wildman–Crippen LogP) is 2.91. The summed E-state index contributed by atoms with van der Waals surface area (Å²) in [5, 5.41) is 66.5. The van der Waals surface area contributed by atoms with Crippen LogP contribution in [0.3, 0.4) is 0 Å². The molecule has 3 aliphatic heterocycles. The number of esters is 1. The molecule has 406 valence electrons. The van der Waals surface area contributed by atoms with E-state index < -0.39 is 130 Å². The van der Waals surface area contributed by atoms with Crippen LogP contribution >= 0.6 is 0 Å². The van der Waals surface area contributed by atoms with Crippen molar-refractivity contribution in [1.29, 1.82) is 0 Å². The van der Waals surface area contributed by atoms with Crippen LogP contribution in [-0.4, -0.2) is 182 Å². The molecule has 3 heterocycles. The monoisotopic (exact) mass is 1030 g/mol. The Hall–Kier alpha value is -2.33. The van der Waals surface area contributed by atoms with E-state index in [-0.39, 0.29) is 50.4 Å². The molecule has 0 spiro atoms. The van der Waals surface area contributed by atoms with Crippen LogP contribution in [0.5, 0.6) is 0 Å². The number of halogens is 3. The van der Waals surface area contributed by atoms with E-state index in [4.69, 9.17) is 33.2 Å². The number of aliphatic hydroxyl groups is 5. The summed E-state index contributed by atoms with van der Waals surface area (Å²) in [5.41, 5.74) is -7.81. The van der Waals surface area contributed by atoms with Gasteiger partial charge < -0.3 is 69.3 Å². The second-order valence-corrected chi connectivity index (χ2v) is 22.2.